The molecule has 1 aromatic heterocycles. The molecule has 1 aromatic carbocycles. The molecule has 0 saturated carbocycles. The van der Waals surface area contributed by atoms with Crippen LogP contribution in [0.2, 0.25) is 0 Å². The van der Waals surface area contributed by atoms with Crippen molar-refractivity contribution in [2.45, 2.75) is 38.3 Å². The van der Waals surface area contributed by atoms with E-state index in [9.17, 15) is 0 Å². The van der Waals surface area contributed by atoms with E-state index in [-0.39, 0.29) is 6.10 Å². The Labute approximate surface area is 143 Å². The molecule has 1 atom stereocenters. The zero-order valence-electron chi connectivity index (χ0n) is 14.0. The number of likely N-dealkylation sites (tertiary alicyclic amines) is 1. The molecule has 1 fully saturated rings. The highest BCUT2D eigenvalue weighted by atomic mass is 16.6. The highest BCUT2D eigenvalue weighted by Gasteiger charge is 2.23. The van der Waals surface area contributed by atoms with E-state index in [1.54, 1.807) is 6.20 Å². The molecule has 0 N–H and O–H groups in total. The van der Waals surface area contributed by atoms with Gasteiger partial charge >= 0.3 is 0 Å². The summed E-state index contributed by atoms with van der Waals surface area (Å²) in [7, 11) is 0. The fourth-order valence-electron chi connectivity index (χ4n) is 3.46. The Morgan fingerprint density at radius 3 is 2.58 bits per heavy atom. The molecular weight excluding hydrogens is 300 g/mol. The Hall–Kier alpha value is -2.07. The quantitative estimate of drug-likeness (QED) is 0.855. The van der Waals surface area contributed by atoms with Crippen LogP contribution in [0.25, 0.3) is 0 Å². The lowest BCUT2D eigenvalue weighted by Crippen LogP contribution is -2.24. The molecule has 4 heteroatoms. The highest BCUT2D eigenvalue weighted by Crippen LogP contribution is 2.33. The molecule has 1 unspecified atom stereocenters. The van der Waals surface area contributed by atoms with Gasteiger partial charge in [0.05, 0.1) is 0 Å². The van der Waals surface area contributed by atoms with Crippen molar-refractivity contribution in [2.24, 2.45) is 0 Å². The fraction of sp³-hybridized carbons (Fsp3) is 0.450. The lowest BCUT2D eigenvalue weighted by Gasteiger charge is -2.26. The fourth-order valence-corrected chi connectivity index (χ4v) is 3.46. The molecular formula is C20H24N2O2. The van der Waals surface area contributed by atoms with Crippen molar-refractivity contribution in [2.75, 3.05) is 19.7 Å². The minimum atomic E-state index is -0.0837. The number of hydrogen-bond acceptors (Lipinski definition) is 4. The summed E-state index contributed by atoms with van der Waals surface area (Å²) in [5, 5.41) is 0. The van der Waals surface area contributed by atoms with E-state index in [4.69, 9.17) is 9.47 Å². The Balaban J connectivity index is 1.41. The van der Waals surface area contributed by atoms with E-state index in [1.165, 1.54) is 44.3 Å². The highest BCUT2D eigenvalue weighted by molar-refractivity contribution is 5.35. The third-order valence-electron chi connectivity index (χ3n) is 4.84. The minimum absolute atomic E-state index is 0.0837. The number of fused-ring (bicyclic) bond motifs is 1. The Bertz CT molecular complexity index is 664. The predicted molar refractivity (Wildman–Crippen MR) is 93.3 cm³/mol. The molecule has 4 nitrogen and oxygen atoms in total. The van der Waals surface area contributed by atoms with Gasteiger partial charge in [0.25, 0.3) is 5.88 Å². The van der Waals surface area contributed by atoms with Crippen LogP contribution < -0.4 is 9.47 Å². The molecule has 0 radical (unpaired) electrons. The van der Waals surface area contributed by atoms with Crippen molar-refractivity contribution < 1.29 is 9.47 Å². The molecule has 3 heterocycles. The summed E-state index contributed by atoms with van der Waals surface area (Å²) in [4.78, 5) is 6.82. The molecule has 4 rings (SSSR count). The number of aromatic nitrogens is 1. The van der Waals surface area contributed by atoms with Gasteiger partial charge in [0.15, 0.2) is 11.9 Å². The summed E-state index contributed by atoms with van der Waals surface area (Å²) in [5.74, 6) is 1.31. The molecule has 0 amide bonds. The van der Waals surface area contributed by atoms with Gasteiger partial charge in [-0.3, -0.25) is 4.90 Å². The minimum Gasteiger partial charge on any atom is -0.484 e. The number of hydrogen-bond donors (Lipinski definition) is 0. The largest absolute Gasteiger partial charge is 0.484 e. The van der Waals surface area contributed by atoms with Crippen LogP contribution in [0.1, 0.15) is 42.9 Å². The van der Waals surface area contributed by atoms with Gasteiger partial charge in [0.2, 0.25) is 0 Å². The van der Waals surface area contributed by atoms with Gasteiger partial charge in [-0.2, -0.15) is 0 Å². The van der Waals surface area contributed by atoms with Crippen LogP contribution in [0.4, 0.5) is 0 Å². The van der Waals surface area contributed by atoms with Crippen molar-refractivity contribution in [1.82, 2.24) is 9.88 Å². The number of nitrogens with zero attached hydrogens (tertiary/aromatic N) is 2. The predicted octanol–water partition coefficient (Wildman–Crippen LogP) is 3.97. The summed E-state index contributed by atoms with van der Waals surface area (Å²) < 4.78 is 11.7. The van der Waals surface area contributed by atoms with Crippen LogP contribution in [0, 0.1) is 0 Å². The summed E-state index contributed by atoms with van der Waals surface area (Å²) in [6.45, 7) is 4.03. The van der Waals surface area contributed by atoms with Crippen LogP contribution in [-0.4, -0.2) is 29.6 Å². The monoisotopic (exact) mass is 324 g/mol. The molecule has 24 heavy (non-hydrogen) atoms. The third kappa shape index (κ3) is 3.54. The van der Waals surface area contributed by atoms with Gasteiger partial charge in [-0.1, -0.05) is 37.1 Å². The lowest BCUT2D eigenvalue weighted by molar-refractivity contribution is 0.0851. The van der Waals surface area contributed by atoms with Crippen molar-refractivity contribution >= 4 is 0 Å². The van der Waals surface area contributed by atoms with Crippen molar-refractivity contribution in [3.63, 3.8) is 0 Å². The zero-order valence-corrected chi connectivity index (χ0v) is 14.0. The number of ether oxygens (including phenoxy) is 2. The normalized spacial score (nSPS) is 21.2. The Morgan fingerprint density at radius 2 is 1.79 bits per heavy atom. The van der Waals surface area contributed by atoms with Crippen molar-refractivity contribution in [3.05, 3.63) is 53.7 Å². The summed E-state index contributed by atoms with van der Waals surface area (Å²) in [6, 6.07) is 12.5. The van der Waals surface area contributed by atoms with E-state index >= 15 is 0 Å². The Kier molecular flexibility index (Phi) is 4.65. The second-order valence-corrected chi connectivity index (χ2v) is 6.66. The van der Waals surface area contributed by atoms with Crippen LogP contribution in [-0.2, 0) is 6.54 Å². The standard InChI is InChI=1S/C20H24N2O2/c1-2-4-13-22(12-3-1)14-16-7-9-17(10-8-16)19-15-23-18-6-5-11-21-20(18)24-19/h5-11,19H,1-4,12-15H2. The zero-order chi connectivity index (χ0) is 16.2. The summed E-state index contributed by atoms with van der Waals surface area (Å²) >= 11 is 0. The van der Waals surface area contributed by atoms with E-state index in [2.05, 4.69) is 34.1 Å². The number of benzene rings is 1. The number of rotatable bonds is 3. The van der Waals surface area contributed by atoms with Crippen molar-refractivity contribution in [3.8, 4) is 11.6 Å². The smallest absolute Gasteiger partial charge is 0.257 e. The Morgan fingerprint density at radius 1 is 1.00 bits per heavy atom. The van der Waals surface area contributed by atoms with Gasteiger partial charge in [-0.25, -0.2) is 4.98 Å². The lowest BCUT2D eigenvalue weighted by atomic mass is 10.1. The van der Waals surface area contributed by atoms with E-state index in [1.807, 2.05) is 12.1 Å². The molecule has 1 saturated heterocycles. The van der Waals surface area contributed by atoms with Gasteiger partial charge in [-0.05, 0) is 49.2 Å². The van der Waals surface area contributed by atoms with Gasteiger partial charge in [0, 0.05) is 12.7 Å². The van der Waals surface area contributed by atoms with Gasteiger partial charge in [0.1, 0.15) is 6.61 Å². The van der Waals surface area contributed by atoms with Crippen LogP contribution >= 0.6 is 0 Å². The van der Waals surface area contributed by atoms with Crippen LogP contribution in [0.15, 0.2) is 42.6 Å². The molecule has 2 aliphatic rings. The van der Waals surface area contributed by atoms with E-state index in [0.29, 0.717) is 12.5 Å². The first-order chi connectivity index (χ1) is 11.9. The van der Waals surface area contributed by atoms with Crippen LogP contribution in [0.5, 0.6) is 11.6 Å². The molecule has 0 bridgehead atoms. The summed E-state index contributed by atoms with van der Waals surface area (Å²) in [5.41, 5.74) is 2.52. The molecule has 2 aromatic rings. The maximum absolute atomic E-state index is 5.98. The molecule has 126 valence electrons. The topological polar surface area (TPSA) is 34.6 Å². The first-order valence-corrected chi connectivity index (χ1v) is 8.94. The molecule has 0 spiro atoms. The maximum atomic E-state index is 5.98. The van der Waals surface area contributed by atoms with E-state index in [0.717, 1.165) is 17.9 Å². The van der Waals surface area contributed by atoms with Gasteiger partial charge < -0.3 is 9.47 Å². The third-order valence-corrected chi connectivity index (χ3v) is 4.84. The van der Waals surface area contributed by atoms with Gasteiger partial charge in [-0.15, -0.1) is 0 Å². The second-order valence-electron chi connectivity index (χ2n) is 6.66. The molecule has 0 aliphatic carbocycles. The first kappa shape index (κ1) is 15.5. The SMILES string of the molecule is c1cnc2c(c1)OCC(c1ccc(CN3CCCCCC3)cc1)O2. The molecule has 2 aliphatic heterocycles. The van der Waals surface area contributed by atoms with Crippen molar-refractivity contribution in [1.29, 1.82) is 0 Å². The average molecular weight is 324 g/mol. The van der Waals surface area contributed by atoms with E-state index < -0.39 is 0 Å². The average Bonchev–Trinajstić information content (AvgIpc) is 2.91. The second kappa shape index (κ2) is 7.22. The number of pyridine rings is 1. The maximum Gasteiger partial charge on any atom is 0.257 e. The first-order valence-electron chi connectivity index (χ1n) is 8.94. The summed E-state index contributed by atoms with van der Waals surface area (Å²) in [6.07, 6.45) is 7.07. The van der Waals surface area contributed by atoms with Crippen LogP contribution in [0.3, 0.4) is 0 Å².